The van der Waals surface area contributed by atoms with E-state index in [2.05, 4.69) is 47.0 Å². The molecule has 0 fully saturated rings. The summed E-state index contributed by atoms with van der Waals surface area (Å²) in [7, 11) is 0. The van der Waals surface area contributed by atoms with Gasteiger partial charge in [0.15, 0.2) is 0 Å². The molecule has 1 amide bonds. The molecule has 168 valence electrons. The Kier molecular flexibility index (Phi) is 9.10. The van der Waals surface area contributed by atoms with Crippen molar-refractivity contribution in [2.45, 2.75) is 25.4 Å². The first-order chi connectivity index (χ1) is 15.7. The first-order valence-corrected chi connectivity index (χ1v) is 10.8. The highest BCUT2D eigenvalue weighted by Crippen LogP contribution is 2.26. The maximum absolute atomic E-state index is 10.6. The molecule has 6 heteroatoms. The molecular formula is C26H30N2O4. The minimum atomic E-state index is -0.741. The monoisotopic (exact) mass is 434 g/mol. The minimum Gasteiger partial charge on any atom is -0.506 e. The Labute approximate surface area is 188 Å². The SMILES string of the molecule is O=CNc1cc([C@@H](O)CNCCc2ccc(OCCCc3ccccc3)cc2)ccc1O. The molecule has 0 saturated carbocycles. The number of hydrogen-bond donors (Lipinski definition) is 4. The van der Waals surface area contributed by atoms with Gasteiger partial charge in [-0.25, -0.2) is 0 Å². The number of carbonyl (C=O) groups is 1. The molecule has 4 N–H and O–H groups in total. The summed E-state index contributed by atoms with van der Waals surface area (Å²) in [4.78, 5) is 10.6. The van der Waals surface area contributed by atoms with Crippen molar-refractivity contribution in [2.75, 3.05) is 25.0 Å². The second-order valence-corrected chi connectivity index (χ2v) is 7.59. The van der Waals surface area contributed by atoms with E-state index in [1.165, 1.54) is 17.2 Å². The lowest BCUT2D eigenvalue weighted by Gasteiger charge is -2.14. The second-order valence-electron chi connectivity index (χ2n) is 7.59. The number of ether oxygens (including phenoxy) is 1. The van der Waals surface area contributed by atoms with Crippen molar-refractivity contribution in [1.82, 2.24) is 5.32 Å². The summed E-state index contributed by atoms with van der Waals surface area (Å²) < 4.78 is 5.83. The van der Waals surface area contributed by atoms with Crippen LogP contribution in [0.3, 0.4) is 0 Å². The molecule has 0 aromatic heterocycles. The second kappa shape index (κ2) is 12.5. The normalized spacial score (nSPS) is 11.7. The number of hydrogen-bond acceptors (Lipinski definition) is 5. The average molecular weight is 435 g/mol. The molecule has 1 atom stereocenters. The Morgan fingerprint density at radius 1 is 0.938 bits per heavy atom. The third kappa shape index (κ3) is 7.41. The number of benzene rings is 3. The van der Waals surface area contributed by atoms with Gasteiger partial charge in [-0.15, -0.1) is 0 Å². The van der Waals surface area contributed by atoms with Crippen LogP contribution in [0.15, 0.2) is 72.8 Å². The number of aryl methyl sites for hydroxylation is 1. The summed E-state index contributed by atoms with van der Waals surface area (Å²) in [6.07, 6.45) is 2.56. The number of phenols is 1. The molecule has 0 heterocycles. The lowest BCUT2D eigenvalue weighted by molar-refractivity contribution is -0.105. The number of aliphatic hydroxyl groups excluding tert-OH is 1. The zero-order valence-corrected chi connectivity index (χ0v) is 18.0. The Morgan fingerprint density at radius 3 is 2.44 bits per heavy atom. The molecule has 3 aromatic carbocycles. The van der Waals surface area contributed by atoms with Crippen molar-refractivity contribution in [3.05, 3.63) is 89.5 Å². The van der Waals surface area contributed by atoms with Gasteiger partial charge in [-0.3, -0.25) is 4.79 Å². The minimum absolute atomic E-state index is 0.0374. The largest absolute Gasteiger partial charge is 0.506 e. The molecule has 0 saturated heterocycles. The number of phenolic OH excluding ortho intramolecular Hbond substituents is 1. The molecule has 0 unspecified atom stereocenters. The number of anilines is 1. The van der Waals surface area contributed by atoms with Crippen LogP contribution in [-0.2, 0) is 17.6 Å². The van der Waals surface area contributed by atoms with Crippen LogP contribution >= 0.6 is 0 Å². The van der Waals surface area contributed by atoms with Crippen molar-refractivity contribution in [3.63, 3.8) is 0 Å². The molecule has 0 aliphatic heterocycles. The van der Waals surface area contributed by atoms with Gasteiger partial charge in [0.25, 0.3) is 0 Å². The first kappa shape index (κ1) is 23.3. The first-order valence-electron chi connectivity index (χ1n) is 10.8. The van der Waals surface area contributed by atoms with Crippen molar-refractivity contribution < 1.29 is 19.7 Å². The van der Waals surface area contributed by atoms with E-state index in [-0.39, 0.29) is 11.4 Å². The maximum Gasteiger partial charge on any atom is 0.211 e. The average Bonchev–Trinajstić information content (AvgIpc) is 2.82. The van der Waals surface area contributed by atoms with Gasteiger partial charge in [0.1, 0.15) is 11.5 Å². The molecule has 0 aliphatic rings. The molecular weight excluding hydrogens is 404 g/mol. The van der Waals surface area contributed by atoms with E-state index in [0.717, 1.165) is 25.0 Å². The Morgan fingerprint density at radius 2 is 1.69 bits per heavy atom. The Bertz CT molecular complexity index is 961. The van der Waals surface area contributed by atoms with Crippen LogP contribution in [-0.4, -0.2) is 36.3 Å². The highest BCUT2D eigenvalue weighted by atomic mass is 16.5. The Balaban J connectivity index is 1.34. The predicted octanol–water partition coefficient (Wildman–Crippen LogP) is 3.84. The van der Waals surface area contributed by atoms with Crippen LogP contribution in [0.1, 0.15) is 29.2 Å². The van der Waals surface area contributed by atoms with Gasteiger partial charge in [-0.1, -0.05) is 48.5 Å². The van der Waals surface area contributed by atoms with Crippen molar-refractivity contribution in [1.29, 1.82) is 0 Å². The smallest absolute Gasteiger partial charge is 0.211 e. The molecule has 32 heavy (non-hydrogen) atoms. The molecule has 0 aliphatic carbocycles. The van der Waals surface area contributed by atoms with Crippen molar-refractivity contribution in [3.8, 4) is 11.5 Å². The number of aromatic hydroxyl groups is 1. The standard InChI is InChI=1S/C26H30N2O4/c29-19-28-24-17-22(10-13-25(24)30)26(31)18-27-15-14-21-8-11-23(12-9-21)32-16-4-7-20-5-2-1-3-6-20/h1-3,5-6,8-13,17,19,26-27,30-31H,4,7,14-16,18H2,(H,28,29)/t26-/m0/s1. The summed E-state index contributed by atoms with van der Waals surface area (Å²) in [5.74, 6) is 0.835. The van der Waals surface area contributed by atoms with Gasteiger partial charge in [-0.2, -0.15) is 0 Å². The summed E-state index contributed by atoms with van der Waals surface area (Å²) in [6.45, 7) is 1.77. The van der Waals surface area contributed by atoms with E-state index in [9.17, 15) is 15.0 Å². The molecule has 6 nitrogen and oxygen atoms in total. The van der Waals surface area contributed by atoms with Gasteiger partial charge < -0.3 is 25.6 Å². The summed E-state index contributed by atoms with van der Waals surface area (Å²) in [6, 6.07) is 23.2. The maximum atomic E-state index is 10.6. The summed E-state index contributed by atoms with van der Waals surface area (Å²) >= 11 is 0. The van der Waals surface area contributed by atoms with Crippen molar-refractivity contribution in [2.24, 2.45) is 0 Å². The lowest BCUT2D eigenvalue weighted by atomic mass is 10.1. The van der Waals surface area contributed by atoms with E-state index in [4.69, 9.17) is 4.74 Å². The zero-order valence-electron chi connectivity index (χ0n) is 18.0. The van der Waals surface area contributed by atoms with E-state index in [1.54, 1.807) is 12.1 Å². The van der Waals surface area contributed by atoms with Gasteiger partial charge >= 0.3 is 0 Å². The third-order valence-electron chi connectivity index (χ3n) is 5.19. The number of nitrogens with one attached hydrogen (secondary N) is 2. The highest BCUT2D eigenvalue weighted by Gasteiger charge is 2.10. The van der Waals surface area contributed by atoms with Gasteiger partial charge in [-0.05, 0) is 66.8 Å². The lowest BCUT2D eigenvalue weighted by Crippen LogP contribution is -2.23. The van der Waals surface area contributed by atoms with E-state index < -0.39 is 6.10 Å². The van der Waals surface area contributed by atoms with Crippen LogP contribution in [0.4, 0.5) is 5.69 Å². The number of rotatable bonds is 13. The molecule has 0 spiro atoms. The molecule has 3 rings (SSSR count). The van der Waals surface area contributed by atoms with Crippen LogP contribution in [0, 0.1) is 0 Å². The van der Waals surface area contributed by atoms with Gasteiger partial charge in [0.2, 0.25) is 6.41 Å². The summed E-state index contributed by atoms with van der Waals surface area (Å²) in [5.41, 5.74) is 3.41. The molecule has 0 bridgehead atoms. The fraction of sp³-hybridized carbons (Fsp3) is 0.269. The van der Waals surface area contributed by atoms with Crippen LogP contribution in [0.2, 0.25) is 0 Å². The van der Waals surface area contributed by atoms with Crippen molar-refractivity contribution >= 4 is 12.1 Å². The predicted molar refractivity (Wildman–Crippen MR) is 126 cm³/mol. The summed E-state index contributed by atoms with van der Waals surface area (Å²) in [5, 5.41) is 25.7. The highest BCUT2D eigenvalue weighted by molar-refractivity contribution is 5.75. The molecule has 3 aromatic rings. The van der Waals surface area contributed by atoms with E-state index in [1.807, 2.05) is 18.2 Å². The number of aliphatic hydroxyl groups is 1. The zero-order chi connectivity index (χ0) is 22.6. The fourth-order valence-corrected chi connectivity index (χ4v) is 3.39. The van der Waals surface area contributed by atoms with E-state index >= 15 is 0 Å². The quantitative estimate of drug-likeness (QED) is 0.186. The molecule has 0 radical (unpaired) electrons. The Hall–Kier alpha value is -3.35. The topological polar surface area (TPSA) is 90.8 Å². The van der Waals surface area contributed by atoms with Gasteiger partial charge in [0.05, 0.1) is 18.4 Å². The number of carbonyl (C=O) groups excluding carboxylic acids is 1. The van der Waals surface area contributed by atoms with Crippen LogP contribution < -0.4 is 15.4 Å². The third-order valence-corrected chi connectivity index (χ3v) is 5.19. The fourth-order valence-electron chi connectivity index (χ4n) is 3.39. The van der Waals surface area contributed by atoms with Crippen LogP contribution in [0.5, 0.6) is 11.5 Å². The van der Waals surface area contributed by atoms with Gasteiger partial charge in [0, 0.05) is 6.54 Å². The number of amides is 1. The van der Waals surface area contributed by atoms with E-state index in [0.29, 0.717) is 31.7 Å². The van der Waals surface area contributed by atoms with Crippen LogP contribution in [0.25, 0.3) is 0 Å².